The maximum atomic E-state index is 4.81. The van der Waals surface area contributed by atoms with Crippen LogP contribution in [0.25, 0.3) is 0 Å². The van der Waals surface area contributed by atoms with Crippen molar-refractivity contribution in [1.82, 2.24) is 10.3 Å². The predicted octanol–water partition coefficient (Wildman–Crippen LogP) is 4.19. The Morgan fingerprint density at radius 2 is 2.10 bits per heavy atom. The molecule has 20 heavy (non-hydrogen) atoms. The van der Waals surface area contributed by atoms with Crippen molar-refractivity contribution >= 4 is 23.1 Å². The van der Waals surface area contributed by atoms with Gasteiger partial charge in [0, 0.05) is 27.8 Å². The number of fused-ring (bicyclic) bond motifs is 1. The van der Waals surface area contributed by atoms with Crippen LogP contribution in [0.3, 0.4) is 0 Å². The average molecular weight is 304 g/mol. The second-order valence-corrected chi connectivity index (χ2v) is 7.59. The second-order valence-electron chi connectivity index (χ2n) is 5.59. The van der Waals surface area contributed by atoms with Gasteiger partial charge in [-0.25, -0.2) is 4.98 Å². The van der Waals surface area contributed by atoms with E-state index in [4.69, 9.17) is 4.98 Å². The van der Waals surface area contributed by atoms with Gasteiger partial charge in [0.2, 0.25) is 0 Å². The molecule has 1 unspecified atom stereocenters. The van der Waals surface area contributed by atoms with Gasteiger partial charge in [0.05, 0.1) is 5.54 Å². The number of rotatable bonds is 3. The van der Waals surface area contributed by atoms with E-state index in [0.717, 1.165) is 17.9 Å². The van der Waals surface area contributed by atoms with Crippen LogP contribution in [0, 0.1) is 6.92 Å². The lowest BCUT2D eigenvalue weighted by molar-refractivity contribution is 0.345. The molecule has 1 aliphatic rings. The van der Waals surface area contributed by atoms with Crippen LogP contribution in [-0.4, -0.2) is 16.8 Å². The van der Waals surface area contributed by atoms with Crippen LogP contribution in [0.1, 0.15) is 36.5 Å². The van der Waals surface area contributed by atoms with Gasteiger partial charge < -0.3 is 0 Å². The first-order chi connectivity index (χ1) is 9.62. The number of aromatic nitrogens is 1. The summed E-state index contributed by atoms with van der Waals surface area (Å²) in [6.45, 7) is 6.51. The summed E-state index contributed by atoms with van der Waals surface area (Å²) in [6.07, 6.45) is 1.10. The molecule has 1 atom stereocenters. The van der Waals surface area contributed by atoms with Gasteiger partial charge in [-0.3, -0.25) is 5.32 Å². The maximum absolute atomic E-state index is 4.81. The van der Waals surface area contributed by atoms with E-state index < -0.39 is 0 Å². The van der Waals surface area contributed by atoms with Crippen LogP contribution in [0.4, 0.5) is 0 Å². The van der Waals surface area contributed by atoms with Crippen molar-refractivity contribution in [3.05, 3.63) is 45.9 Å². The Bertz CT molecular complexity index is 606. The maximum Gasteiger partial charge on any atom is 0.118 e. The Kier molecular flexibility index (Phi) is 3.89. The molecular weight excluding hydrogens is 284 g/mol. The summed E-state index contributed by atoms with van der Waals surface area (Å²) in [5, 5.41) is 7.18. The third-order valence-electron chi connectivity index (χ3n) is 3.60. The fourth-order valence-electron chi connectivity index (χ4n) is 2.87. The minimum Gasteiger partial charge on any atom is -0.299 e. The molecule has 1 N–H and O–H groups in total. The molecule has 0 saturated carbocycles. The van der Waals surface area contributed by atoms with Crippen LogP contribution in [0.2, 0.25) is 0 Å². The number of nitrogens with one attached hydrogen (secondary N) is 1. The lowest BCUT2D eigenvalue weighted by atomic mass is 9.86. The largest absolute Gasteiger partial charge is 0.299 e. The molecule has 0 saturated heterocycles. The third-order valence-corrected chi connectivity index (χ3v) is 5.80. The topological polar surface area (TPSA) is 24.9 Å². The van der Waals surface area contributed by atoms with E-state index in [0.29, 0.717) is 6.04 Å². The molecule has 1 aromatic heterocycles. The molecule has 106 valence electrons. The van der Waals surface area contributed by atoms with Crippen molar-refractivity contribution in [2.75, 3.05) is 5.75 Å². The number of thioether (sulfide) groups is 1. The number of nitrogens with zero attached hydrogens (tertiary/aromatic N) is 1. The van der Waals surface area contributed by atoms with Gasteiger partial charge in [0.25, 0.3) is 0 Å². The Labute approximate surface area is 129 Å². The minimum atomic E-state index is -0.116. The first-order valence-electron chi connectivity index (χ1n) is 7.04. The Morgan fingerprint density at radius 1 is 1.30 bits per heavy atom. The van der Waals surface area contributed by atoms with E-state index in [-0.39, 0.29) is 5.54 Å². The number of benzene rings is 1. The Balaban J connectivity index is 2.17. The number of hydrogen-bond acceptors (Lipinski definition) is 4. The van der Waals surface area contributed by atoms with Crippen LogP contribution in [-0.2, 0) is 5.54 Å². The third kappa shape index (κ3) is 2.41. The lowest BCUT2D eigenvalue weighted by Crippen LogP contribution is -2.48. The van der Waals surface area contributed by atoms with E-state index in [2.05, 4.69) is 55.7 Å². The predicted molar refractivity (Wildman–Crippen MR) is 87.7 cm³/mol. The molecule has 2 aromatic rings. The van der Waals surface area contributed by atoms with Crippen molar-refractivity contribution in [1.29, 1.82) is 0 Å². The summed E-state index contributed by atoms with van der Waals surface area (Å²) in [6, 6.07) is 9.19. The molecule has 0 amide bonds. The zero-order valence-corrected chi connectivity index (χ0v) is 13.8. The van der Waals surface area contributed by atoms with E-state index in [1.165, 1.54) is 15.5 Å². The molecule has 3 rings (SSSR count). The van der Waals surface area contributed by atoms with Crippen LogP contribution in [0.15, 0.2) is 34.5 Å². The van der Waals surface area contributed by atoms with Gasteiger partial charge in [0.1, 0.15) is 5.01 Å². The molecule has 4 heteroatoms. The van der Waals surface area contributed by atoms with Crippen molar-refractivity contribution < 1.29 is 0 Å². The van der Waals surface area contributed by atoms with Crippen LogP contribution >= 0.6 is 23.1 Å². The summed E-state index contributed by atoms with van der Waals surface area (Å²) in [7, 11) is 0. The highest BCUT2D eigenvalue weighted by atomic mass is 32.2. The summed E-state index contributed by atoms with van der Waals surface area (Å²) in [5.41, 5.74) is 2.39. The summed E-state index contributed by atoms with van der Waals surface area (Å²) in [4.78, 5) is 6.19. The molecule has 1 aromatic carbocycles. The fourth-order valence-corrected chi connectivity index (χ4v) is 5.07. The van der Waals surface area contributed by atoms with Gasteiger partial charge in [-0.05, 0) is 38.8 Å². The van der Waals surface area contributed by atoms with E-state index in [1.54, 1.807) is 11.3 Å². The monoisotopic (exact) mass is 304 g/mol. The smallest absolute Gasteiger partial charge is 0.118 e. The van der Waals surface area contributed by atoms with Gasteiger partial charge in [-0.15, -0.1) is 23.1 Å². The second kappa shape index (κ2) is 5.51. The van der Waals surface area contributed by atoms with Crippen molar-refractivity contribution in [2.45, 2.75) is 43.7 Å². The first-order valence-corrected chi connectivity index (χ1v) is 8.91. The van der Waals surface area contributed by atoms with Gasteiger partial charge in [0.15, 0.2) is 0 Å². The molecule has 0 radical (unpaired) electrons. The van der Waals surface area contributed by atoms with E-state index >= 15 is 0 Å². The molecule has 2 heterocycles. The zero-order chi connectivity index (χ0) is 14.2. The van der Waals surface area contributed by atoms with Gasteiger partial charge in [-0.2, -0.15) is 0 Å². The summed E-state index contributed by atoms with van der Waals surface area (Å²) < 4.78 is 0. The zero-order valence-electron chi connectivity index (χ0n) is 12.1. The van der Waals surface area contributed by atoms with Crippen molar-refractivity contribution in [3.63, 3.8) is 0 Å². The quantitative estimate of drug-likeness (QED) is 0.920. The molecule has 0 fully saturated rings. The molecular formula is C16H20N2S2. The lowest BCUT2D eigenvalue weighted by Gasteiger charge is -2.39. The van der Waals surface area contributed by atoms with Gasteiger partial charge in [-0.1, -0.05) is 18.2 Å². The van der Waals surface area contributed by atoms with E-state index in [1.807, 2.05) is 11.8 Å². The highest BCUT2D eigenvalue weighted by Gasteiger charge is 2.41. The molecule has 2 nitrogen and oxygen atoms in total. The standard InChI is InChI=1S/C16H20N2S2/c1-11(2)18-16(15-17-12(3)10-20-15)8-9-19-14-7-5-4-6-13(14)16/h4-7,10-11,18H,8-9H2,1-3H3. The van der Waals surface area contributed by atoms with Gasteiger partial charge >= 0.3 is 0 Å². The van der Waals surface area contributed by atoms with E-state index in [9.17, 15) is 0 Å². The average Bonchev–Trinajstić information content (AvgIpc) is 2.86. The first kappa shape index (κ1) is 14.1. The highest BCUT2D eigenvalue weighted by Crippen LogP contribution is 2.45. The van der Waals surface area contributed by atoms with Crippen LogP contribution in [0.5, 0.6) is 0 Å². The fraction of sp³-hybridized carbons (Fsp3) is 0.438. The molecule has 0 spiro atoms. The number of thiazole rings is 1. The molecule has 0 aliphatic carbocycles. The summed E-state index contributed by atoms with van der Waals surface area (Å²) >= 11 is 3.73. The number of hydrogen-bond donors (Lipinski definition) is 1. The minimum absolute atomic E-state index is 0.116. The Hall–Kier alpha value is -0.840. The Morgan fingerprint density at radius 3 is 2.80 bits per heavy atom. The number of aryl methyl sites for hydroxylation is 1. The normalized spacial score (nSPS) is 22.0. The molecule has 1 aliphatic heterocycles. The SMILES string of the molecule is Cc1csc(C2(NC(C)C)CCSc3ccccc32)n1. The van der Waals surface area contributed by atoms with Crippen molar-refractivity contribution in [2.24, 2.45) is 0 Å². The van der Waals surface area contributed by atoms with Crippen molar-refractivity contribution in [3.8, 4) is 0 Å². The highest BCUT2D eigenvalue weighted by molar-refractivity contribution is 7.99. The molecule has 0 bridgehead atoms. The summed E-state index contributed by atoms with van der Waals surface area (Å²) in [5.74, 6) is 1.13. The van der Waals surface area contributed by atoms with Crippen LogP contribution < -0.4 is 5.32 Å².